The van der Waals surface area contributed by atoms with Gasteiger partial charge < -0.3 is 9.64 Å². The van der Waals surface area contributed by atoms with E-state index in [-0.39, 0.29) is 0 Å². The lowest BCUT2D eigenvalue weighted by atomic mass is 9.96. The first-order valence-electron chi connectivity index (χ1n) is 7.77. The van der Waals surface area contributed by atoms with Crippen LogP contribution in [0.4, 0.5) is 0 Å². The van der Waals surface area contributed by atoms with Crippen LogP contribution in [0.5, 0.6) is 0 Å². The van der Waals surface area contributed by atoms with Crippen molar-refractivity contribution in [1.82, 2.24) is 9.80 Å². The van der Waals surface area contributed by atoms with Gasteiger partial charge in [-0.15, -0.1) is 11.3 Å². The Morgan fingerprint density at radius 3 is 2.90 bits per heavy atom. The van der Waals surface area contributed by atoms with E-state index in [1.165, 1.54) is 9.75 Å². The quantitative estimate of drug-likeness (QED) is 0.836. The smallest absolute Gasteiger partial charge is 0.223 e. The van der Waals surface area contributed by atoms with Crippen LogP contribution in [0, 0.1) is 6.92 Å². The van der Waals surface area contributed by atoms with E-state index in [2.05, 4.69) is 28.9 Å². The summed E-state index contributed by atoms with van der Waals surface area (Å²) in [6, 6.07) is 5.36. The minimum Gasteiger partial charge on any atom is -0.383 e. The van der Waals surface area contributed by atoms with Crippen LogP contribution >= 0.6 is 11.3 Å². The van der Waals surface area contributed by atoms with Crippen molar-refractivity contribution in [3.05, 3.63) is 21.9 Å². The van der Waals surface area contributed by atoms with E-state index in [9.17, 15) is 4.79 Å². The van der Waals surface area contributed by atoms with Gasteiger partial charge in [0, 0.05) is 55.0 Å². The number of carbonyl (C=O) groups excluding carboxylic acids is 1. The minimum absolute atomic E-state index is 0.308. The maximum absolute atomic E-state index is 12.2. The highest BCUT2D eigenvalue weighted by Crippen LogP contribution is 2.33. The number of hydrogen-bond acceptors (Lipinski definition) is 4. The first-order valence-corrected chi connectivity index (χ1v) is 8.58. The second-order valence-electron chi connectivity index (χ2n) is 6.02. The van der Waals surface area contributed by atoms with Gasteiger partial charge >= 0.3 is 0 Å². The number of carbonyl (C=O) groups is 1. The molecule has 2 fully saturated rings. The lowest BCUT2D eigenvalue weighted by Gasteiger charge is -2.39. The van der Waals surface area contributed by atoms with Gasteiger partial charge in [-0.3, -0.25) is 9.69 Å². The highest BCUT2D eigenvalue weighted by atomic mass is 32.1. The molecule has 0 bridgehead atoms. The Kier molecular flexibility index (Phi) is 4.62. The average molecular weight is 308 g/mol. The van der Waals surface area contributed by atoms with E-state index in [0.29, 0.717) is 31.0 Å². The molecule has 0 N–H and O–H groups in total. The number of fused-ring (bicyclic) bond motifs is 1. The van der Waals surface area contributed by atoms with Crippen molar-refractivity contribution in [2.45, 2.75) is 44.8 Å². The van der Waals surface area contributed by atoms with Crippen molar-refractivity contribution in [2.24, 2.45) is 0 Å². The number of nitrogens with zero attached hydrogens (tertiary/aromatic N) is 2. The molecule has 2 saturated heterocycles. The first kappa shape index (κ1) is 15.0. The third-order valence-corrected chi connectivity index (χ3v) is 5.68. The van der Waals surface area contributed by atoms with Gasteiger partial charge in [0.15, 0.2) is 0 Å². The van der Waals surface area contributed by atoms with Crippen molar-refractivity contribution in [2.75, 3.05) is 26.8 Å². The van der Waals surface area contributed by atoms with E-state index in [1.54, 1.807) is 7.11 Å². The minimum atomic E-state index is 0.308. The Hall–Kier alpha value is -0.910. The molecule has 116 valence electrons. The SMILES string of the molecule is COCCN1C(=O)CC[C@@H]2[C@H]1CCN2Cc1ccc(C)s1. The highest BCUT2D eigenvalue weighted by molar-refractivity contribution is 7.11. The maximum atomic E-state index is 12.2. The molecule has 1 aromatic heterocycles. The third kappa shape index (κ3) is 3.15. The zero-order valence-corrected chi connectivity index (χ0v) is 13.7. The first-order chi connectivity index (χ1) is 10.2. The predicted octanol–water partition coefficient (Wildman–Crippen LogP) is 2.27. The van der Waals surface area contributed by atoms with Gasteiger partial charge in [0.05, 0.1) is 6.61 Å². The maximum Gasteiger partial charge on any atom is 0.223 e. The highest BCUT2D eigenvalue weighted by Gasteiger charge is 2.42. The van der Waals surface area contributed by atoms with Crippen LogP contribution in [-0.2, 0) is 16.1 Å². The number of rotatable bonds is 5. The van der Waals surface area contributed by atoms with Gasteiger partial charge in [-0.05, 0) is 31.9 Å². The Labute approximate surface area is 130 Å². The number of ether oxygens (including phenoxy) is 1. The topological polar surface area (TPSA) is 32.8 Å². The molecular formula is C16H24N2O2S. The Morgan fingerprint density at radius 1 is 1.33 bits per heavy atom. The summed E-state index contributed by atoms with van der Waals surface area (Å²) in [5, 5.41) is 0. The van der Waals surface area contributed by atoms with Gasteiger partial charge in [0.25, 0.3) is 0 Å². The zero-order valence-electron chi connectivity index (χ0n) is 12.9. The van der Waals surface area contributed by atoms with E-state index < -0.39 is 0 Å². The van der Waals surface area contributed by atoms with Crippen molar-refractivity contribution in [3.63, 3.8) is 0 Å². The normalized spacial score (nSPS) is 26.4. The van der Waals surface area contributed by atoms with Gasteiger partial charge in [-0.1, -0.05) is 0 Å². The molecule has 5 heteroatoms. The van der Waals surface area contributed by atoms with Crippen LogP contribution in [0.3, 0.4) is 0 Å². The van der Waals surface area contributed by atoms with Gasteiger partial charge in [0.2, 0.25) is 5.91 Å². The number of hydrogen-bond donors (Lipinski definition) is 0. The van der Waals surface area contributed by atoms with E-state index >= 15 is 0 Å². The fourth-order valence-corrected chi connectivity index (χ4v) is 4.60. The summed E-state index contributed by atoms with van der Waals surface area (Å²) < 4.78 is 5.16. The zero-order chi connectivity index (χ0) is 14.8. The summed E-state index contributed by atoms with van der Waals surface area (Å²) in [5.74, 6) is 0.308. The molecule has 0 saturated carbocycles. The lowest BCUT2D eigenvalue weighted by Crippen LogP contribution is -2.52. The summed E-state index contributed by atoms with van der Waals surface area (Å²) in [6.07, 6.45) is 2.80. The van der Waals surface area contributed by atoms with Gasteiger partial charge in [-0.25, -0.2) is 0 Å². The van der Waals surface area contributed by atoms with E-state index in [0.717, 1.165) is 32.5 Å². The Balaban J connectivity index is 1.67. The third-order valence-electron chi connectivity index (χ3n) is 4.69. The molecule has 2 atom stereocenters. The van der Waals surface area contributed by atoms with Crippen LogP contribution in [0.2, 0.25) is 0 Å². The van der Waals surface area contributed by atoms with Gasteiger partial charge in [-0.2, -0.15) is 0 Å². The van der Waals surface area contributed by atoms with Crippen LogP contribution in [0.15, 0.2) is 12.1 Å². The largest absolute Gasteiger partial charge is 0.383 e. The number of thiophene rings is 1. The van der Waals surface area contributed by atoms with Crippen molar-refractivity contribution < 1.29 is 9.53 Å². The monoisotopic (exact) mass is 308 g/mol. The number of piperidine rings is 1. The molecule has 0 spiro atoms. The number of methoxy groups -OCH3 is 1. The van der Waals surface area contributed by atoms with Crippen LogP contribution in [0.1, 0.15) is 29.0 Å². The molecule has 4 nitrogen and oxygen atoms in total. The van der Waals surface area contributed by atoms with Crippen LogP contribution < -0.4 is 0 Å². The summed E-state index contributed by atoms with van der Waals surface area (Å²) >= 11 is 1.89. The molecule has 1 amide bonds. The predicted molar refractivity (Wildman–Crippen MR) is 84.5 cm³/mol. The van der Waals surface area contributed by atoms with Crippen molar-refractivity contribution in [3.8, 4) is 0 Å². The molecule has 0 aliphatic carbocycles. The van der Waals surface area contributed by atoms with Crippen LogP contribution in [0.25, 0.3) is 0 Å². The molecule has 0 unspecified atom stereocenters. The molecule has 21 heavy (non-hydrogen) atoms. The number of amides is 1. The fourth-order valence-electron chi connectivity index (χ4n) is 3.68. The molecule has 0 radical (unpaired) electrons. The van der Waals surface area contributed by atoms with E-state index in [4.69, 9.17) is 4.74 Å². The van der Waals surface area contributed by atoms with E-state index in [1.807, 2.05) is 11.3 Å². The Morgan fingerprint density at radius 2 is 2.19 bits per heavy atom. The molecule has 2 aliphatic rings. The second-order valence-corrected chi connectivity index (χ2v) is 7.40. The summed E-state index contributed by atoms with van der Waals surface area (Å²) in [4.78, 5) is 19.6. The standard InChI is InChI=1S/C16H24N2O2S/c1-12-3-4-13(21-12)11-17-8-7-15-14(17)5-6-16(19)18(15)9-10-20-2/h3-4,14-15H,5-11H2,1-2H3/t14-,15-/m1/s1. The van der Waals surface area contributed by atoms with Gasteiger partial charge in [0.1, 0.15) is 0 Å². The average Bonchev–Trinajstić information content (AvgIpc) is 3.05. The summed E-state index contributed by atoms with van der Waals surface area (Å²) in [7, 11) is 1.70. The molecular weight excluding hydrogens is 284 g/mol. The fraction of sp³-hybridized carbons (Fsp3) is 0.688. The van der Waals surface area contributed by atoms with Crippen molar-refractivity contribution in [1.29, 1.82) is 0 Å². The summed E-state index contributed by atoms with van der Waals surface area (Å²) in [6.45, 7) is 5.67. The molecule has 3 heterocycles. The lowest BCUT2D eigenvalue weighted by molar-refractivity contribution is -0.138. The van der Waals surface area contributed by atoms with Crippen molar-refractivity contribution >= 4 is 17.2 Å². The molecule has 1 aromatic rings. The number of aryl methyl sites for hydroxylation is 1. The second kappa shape index (κ2) is 6.46. The van der Waals surface area contributed by atoms with Crippen LogP contribution in [-0.4, -0.2) is 54.6 Å². The molecule has 2 aliphatic heterocycles. The number of likely N-dealkylation sites (tertiary alicyclic amines) is 2. The molecule has 3 rings (SSSR count). The summed E-state index contributed by atoms with van der Waals surface area (Å²) in [5.41, 5.74) is 0. The molecule has 0 aromatic carbocycles. The Bertz CT molecular complexity index is 502.